The average molecular weight is 1650 g/mol. The number of nitrogen functional groups attached to an aromatic ring is 3. The highest BCUT2D eigenvalue weighted by Crippen LogP contribution is 2.19. The van der Waals surface area contributed by atoms with E-state index in [0.29, 0.717) is 17.1 Å². The molecule has 11 aromatic rings. The van der Waals surface area contributed by atoms with Gasteiger partial charge in [-0.25, -0.2) is 9.37 Å². The minimum absolute atomic E-state index is 0.00250. The molecule has 1 aromatic heterocycles. The molecule has 1 amide bonds. The summed E-state index contributed by atoms with van der Waals surface area (Å²) in [6, 6.07) is 78.0. The van der Waals surface area contributed by atoms with Gasteiger partial charge in [0.25, 0.3) is 0 Å². The first kappa shape index (κ1) is 94.9. The maximum absolute atomic E-state index is 12.6. The lowest BCUT2D eigenvalue weighted by Crippen LogP contribution is -2.05. The number of aryl methyl sites for hydroxylation is 2. The van der Waals surface area contributed by atoms with Crippen molar-refractivity contribution in [1.82, 2.24) is 4.98 Å². The number of nitrogens with two attached hydrogens (primary N) is 3. The van der Waals surface area contributed by atoms with E-state index in [1.165, 1.54) is 27.8 Å². The summed E-state index contributed by atoms with van der Waals surface area (Å²) in [6.07, 6.45) is 1.11. The van der Waals surface area contributed by atoms with E-state index in [9.17, 15) is 9.18 Å². The van der Waals surface area contributed by atoms with E-state index >= 15 is 0 Å². The Kier molecular flexibility index (Phi) is 51.0. The molecule has 24 heteroatoms. The van der Waals surface area contributed by atoms with Crippen LogP contribution in [0.4, 0.5) is 90.0 Å². The molecule has 0 fully saturated rings. The number of phenols is 1. The number of aliphatic hydroxyl groups is 3. The number of phenolic OH excluding ortho intramolecular Hbond substituents is 1. The van der Waals surface area contributed by atoms with Gasteiger partial charge in [-0.3, -0.25) is 4.79 Å². The SMILES string of the molecule is CCc1cccc(NC)c1.CNc1cc(CO)cc(CO)c1.CNc1ccc(Br)cc1.CNc1ccc(CO)cc1.CNc1ccc(F)c(C)c1.CNc1ccc(I)cc1.CNc1ccc(N)cc1.CNc1ccc(O)cc1.CNc1cccc(N)c1.CNc1cccc(N)n1.CNc1cccc(NC(C)=O)c1. The molecule has 10 aromatic carbocycles. The number of hydrogen-bond donors (Lipinski definition) is 19. The molecule has 0 radical (unpaired) electrons. The van der Waals surface area contributed by atoms with Gasteiger partial charge in [0, 0.05) is 166 Å². The maximum atomic E-state index is 12.6. The molecule has 0 aliphatic heterocycles. The Morgan fingerprint density at radius 3 is 1.19 bits per heavy atom. The Hall–Kier alpha value is -11.2. The number of carbonyl (C=O) groups excluding carboxylic acids is 1. The minimum Gasteiger partial charge on any atom is -0.508 e. The Bertz CT molecular complexity index is 3830. The Morgan fingerprint density at radius 2 is 0.778 bits per heavy atom. The number of amides is 1. The van der Waals surface area contributed by atoms with Crippen molar-refractivity contribution in [2.75, 3.05) is 159 Å². The number of nitrogens with one attached hydrogen (secondary N) is 12. The van der Waals surface area contributed by atoms with Gasteiger partial charge in [0.05, 0.1) is 19.8 Å². The minimum atomic E-state index is -0.154. The number of pyridine rings is 1. The van der Waals surface area contributed by atoms with Crippen LogP contribution >= 0.6 is 38.5 Å². The number of halogens is 3. The Balaban J connectivity index is 0.000000595. The van der Waals surface area contributed by atoms with Crippen LogP contribution < -0.4 is 81.0 Å². The van der Waals surface area contributed by atoms with Gasteiger partial charge < -0.3 is 101 Å². The zero-order chi connectivity index (χ0) is 80.4. The van der Waals surface area contributed by atoms with Crippen molar-refractivity contribution >= 4 is 130 Å². The summed E-state index contributed by atoms with van der Waals surface area (Å²) in [6.45, 7) is 5.52. The van der Waals surface area contributed by atoms with Crippen LogP contribution in [-0.4, -0.2) is 109 Å². The van der Waals surface area contributed by atoms with E-state index in [-0.39, 0.29) is 31.5 Å². The third-order valence-corrected chi connectivity index (χ3v) is 15.7. The number of aliphatic hydroxyl groups excluding tert-OH is 3. The van der Waals surface area contributed by atoms with Gasteiger partial charge in [0.15, 0.2) is 0 Å². The molecule has 22 N–H and O–H groups in total. The molecule has 0 spiro atoms. The van der Waals surface area contributed by atoms with E-state index in [2.05, 4.69) is 163 Å². The zero-order valence-corrected chi connectivity index (χ0v) is 68.3. The van der Waals surface area contributed by atoms with Crippen molar-refractivity contribution in [2.24, 2.45) is 0 Å². The normalized spacial score (nSPS) is 9.26. The number of benzene rings is 10. The van der Waals surface area contributed by atoms with Crippen molar-refractivity contribution in [2.45, 2.75) is 47.0 Å². The molecule has 0 bridgehead atoms. The summed E-state index contributed by atoms with van der Waals surface area (Å²) in [4.78, 5) is 14.6. The van der Waals surface area contributed by atoms with Crippen molar-refractivity contribution in [1.29, 1.82) is 0 Å². The topological polar surface area (TPSA) is 333 Å². The molecule has 0 atom stereocenters. The molecule has 0 aliphatic rings. The smallest absolute Gasteiger partial charge is 0.221 e. The van der Waals surface area contributed by atoms with E-state index in [1.807, 2.05) is 228 Å². The van der Waals surface area contributed by atoms with Gasteiger partial charge >= 0.3 is 0 Å². The van der Waals surface area contributed by atoms with Crippen LogP contribution in [0.5, 0.6) is 5.75 Å². The highest BCUT2D eigenvalue weighted by molar-refractivity contribution is 14.1. The third kappa shape index (κ3) is 44.0. The molecular formula is C84H113BrFIN16O5. The summed E-state index contributed by atoms with van der Waals surface area (Å²) in [5, 5.41) is 70.8. The number of anilines is 15. The lowest BCUT2D eigenvalue weighted by molar-refractivity contribution is -0.114. The Morgan fingerprint density at radius 1 is 0.398 bits per heavy atom. The van der Waals surface area contributed by atoms with Gasteiger partial charge in [0.2, 0.25) is 5.91 Å². The summed E-state index contributed by atoms with van der Waals surface area (Å²) in [7, 11) is 20.5. The van der Waals surface area contributed by atoms with Gasteiger partial charge in [0.1, 0.15) is 23.2 Å². The van der Waals surface area contributed by atoms with Crippen LogP contribution in [-0.2, 0) is 31.0 Å². The third-order valence-electron chi connectivity index (χ3n) is 14.5. The van der Waals surface area contributed by atoms with Crippen molar-refractivity contribution in [3.63, 3.8) is 0 Å². The monoisotopic (exact) mass is 1650 g/mol. The second-order valence-corrected chi connectivity index (χ2v) is 24.7. The van der Waals surface area contributed by atoms with E-state index in [0.717, 1.165) is 102 Å². The molecule has 0 unspecified atom stereocenters. The maximum Gasteiger partial charge on any atom is 0.221 e. The fourth-order valence-corrected chi connectivity index (χ4v) is 8.99. The lowest BCUT2D eigenvalue weighted by atomic mass is 10.1. The molecule has 11 rings (SSSR count). The highest BCUT2D eigenvalue weighted by atomic mass is 127. The molecule has 580 valence electrons. The first-order chi connectivity index (χ1) is 51.9. The molecule has 0 aliphatic carbocycles. The van der Waals surface area contributed by atoms with Crippen LogP contribution in [0.2, 0.25) is 0 Å². The van der Waals surface area contributed by atoms with E-state index in [1.54, 1.807) is 50.4 Å². The number of aromatic nitrogens is 1. The Labute approximate surface area is 661 Å². The predicted molar refractivity (Wildman–Crippen MR) is 475 cm³/mol. The second kappa shape index (κ2) is 58.1. The quantitative estimate of drug-likeness (QED) is 0.0243. The predicted octanol–water partition coefficient (Wildman–Crippen LogP) is 17.7. The summed E-state index contributed by atoms with van der Waals surface area (Å²) in [5.74, 6) is 1.44. The average Bonchev–Trinajstić information content (AvgIpc) is 0.871. The number of aromatic hydroxyl groups is 1. The van der Waals surface area contributed by atoms with Gasteiger partial charge in [-0.05, 0) is 264 Å². The fourth-order valence-electron chi connectivity index (χ4n) is 8.36. The summed E-state index contributed by atoms with van der Waals surface area (Å²) < 4.78 is 15.0. The van der Waals surface area contributed by atoms with E-state index in [4.69, 9.17) is 37.6 Å². The number of rotatable bonds is 16. The second-order valence-electron chi connectivity index (χ2n) is 22.5. The molecule has 0 saturated carbocycles. The van der Waals surface area contributed by atoms with Gasteiger partial charge in [-0.1, -0.05) is 71.4 Å². The first-order valence-electron chi connectivity index (χ1n) is 34.4. The summed E-state index contributed by atoms with van der Waals surface area (Å²) >= 11 is 5.63. The molecule has 21 nitrogen and oxygen atoms in total. The van der Waals surface area contributed by atoms with E-state index < -0.39 is 0 Å². The van der Waals surface area contributed by atoms with Crippen LogP contribution in [0, 0.1) is 16.3 Å². The highest BCUT2D eigenvalue weighted by Gasteiger charge is 2.00. The van der Waals surface area contributed by atoms with Crippen LogP contribution in [0.3, 0.4) is 0 Å². The van der Waals surface area contributed by atoms with Crippen LogP contribution in [0.25, 0.3) is 0 Å². The first-order valence-corrected chi connectivity index (χ1v) is 36.3. The fraction of sp³-hybridized carbons (Fsp3) is 0.214. The standard InChI is InChI=1S/C9H12N2O.C9H13NO2.C9H13N.C8H10FN.C8H11NO.C7H8BrN.C7H8IN.2C7H10N2.C7H9NO.C6H9N3/c1-7(12)11-9-5-3-4-8(6-9)10-2;1-10-9-3-7(5-11)2-8(4-9)6-12;1-3-8-5-4-6-9(7-8)10-2;1-6-5-7(10-2)3-4-8(6)9;1-9-8-4-2-7(6-10)3-5-8;3*1-9-7-4-2-6(8)3-5-7;1-9-7-4-2-3-6(8)5-7;1-8-6-2-4-7(9)5-3-6;1-8-6-4-2-3-5(7)9-6/h3-6,10H,1-2H3,(H,11,12);2-4,10-12H,5-6H2,1H3;4-7,10H,3H2,1-2H3;3-5,10H,1-2H3;2-5,9-10H,6H2,1H3;2*2-5,9H,1H3;2*2-5,9H,8H2,1H3;2-5,8-9H,1H3;2-4H,1H3,(H3,7,8,9). The summed E-state index contributed by atoms with van der Waals surface area (Å²) in [5.41, 5.74) is 33.9. The zero-order valence-electron chi connectivity index (χ0n) is 64.5. The lowest BCUT2D eigenvalue weighted by Gasteiger charge is -2.05. The van der Waals surface area contributed by atoms with Crippen molar-refractivity contribution in [3.05, 3.63) is 290 Å². The molecule has 108 heavy (non-hydrogen) atoms. The van der Waals surface area contributed by atoms with Gasteiger partial charge in [-0.2, -0.15) is 0 Å². The molecule has 0 saturated heterocycles. The number of hydrogen-bond acceptors (Lipinski definition) is 20. The largest absolute Gasteiger partial charge is 0.508 e. The molecular weight excluding hydrogens is 1540 g/mol. The number of nitrogens with zero attached hydrogens (tertiary/aromatic N) is 1. The van der Waals surface area contributed by atoms with Crippen LogP contribution in [0.15, 0.2) is 253 Å². The van der Waals surface area contributed by atoms with Gasteiger partial charge in [-0.15, -0.1) is 0 Å². The molecule has 1 heterocycles. The van der Waals surface area contributed by atoms with Crippen molar-refractivity contribution in [3.8, 4) is 5.75 Å². The van der Waals surface area contributed by atoms with Crippen molar-refractivity contribution < 1.29 is 29.6 Å². The van der Waals surface area contributed by atoms with Crippen LogP contribution in [0.1, 0.15) is 41.7 Å². The number of carbonyl (C=O) groups is 1.